The molecule has 1 N–H and O–H groups in total. The van der Waals surface area contributed by atoms with E-state index in [1.807, 2.05) is 6.92 Å². The summed E-state index contributed by atoms with van der Waals surface area (Å²) in [4.78, 5) is 28.8. The van der Waals surface area contributed by atoms with E-state index in [1.165, 1.54) is 12.1 Å². The zero-order valence-corrected chi connectivity index (χ0v) is 21.0. The number of benzene rings is 2. The van der Waals surface area contributed by atoms with Crippen molar-refractivity contribution in [3.63, 3.8) is 0 Å². The van der Waals surface area contributed by atoms with Crippen LogP contribution in [0.25, 0.3) is 6.08 Å². The lowest BCUT2D eigenvalue weighted by molar-refractivity contribution is -0.138. The fourth-order valence-electron chi connectivity index (χ4n) is 3.04. The van der Waals surface area contributed by atoms with Crippen LogP contribution in [-0.4, -0.2) is 28.6 Å². The minimum Gasteiger partial charge on any atom is -0.506 e. The van der Waals surface area contributed by atoms with Gasteiger partial charge in [0, 0.05) is 6.42 Å². The van der Waals surface area contributed by atoms with E-state index in [-0.39, 0.29) is 47.7 Å². The molecular formula is C25H23BrFNO5S. The predicted octanol–water partition coefficient (Wildman–Crippen LogP) is 6.36. The number of ether oxygens (including phenoxy) is 2. The molecule has 6 nitrogen and oxygen atoms in total. The summed E-state index contributed by atoms with van der Waals surface area (Å²) in [6.07, 6.45) is 2.53. The Morgan fingerprint density at radius 2 is 2.00 bits per heavy atom. The molecule has 0 fully saturated rings. The van der Waals surface area contributed by atoms with E-state index < -0.39 is 5.97 Å². The third-order valence-corrected chi connectivity index (χ3v) is 6.24. The molecule has 0 unspecified atom stereocenters. The van der Waals surface area contributed by atoms with Crippen molar-refractivity contribution in [2.24, 2.45) is 4.99 Å². The number of nitrogens with zero attached hydrogens (tertiary/aromatic N) is 1. The predicted molar refractivity (Wildman–Crippen MR) is 134 cm³/mol. The molecule has 9 heteroatoms. The monoisotopic (exact) mass is 547 g/mol. The van der Waals surface area contributed by atoms with Gasteiger partial charge < -0.3 is 14.6 Å². The number of hydrogen-bond acceptors (Lipinski definition) is 6. The van der Waals surface area contributed by atoms with Crippen LogP contribution in [0, 0.1) is 5.82 Å². The Kier molecular flexibility index (Phi) is 9.06. The molecule has 34 heavy (non-hydrogen) atoms. The van der Waals surface area contributed by atoms with E-state index in [2.05, 4.69) is 20.9 Å². The summed E-state index contributed by atoms with van der Waals surface area (Å²) in [6, 6.07) is 11.5. The summed E-state index contributed by atoms with van der Waals surface area (Å²) in [5.74, 6) is -1.16. The molecule has 0 spiro atoms. The van der Waals surface area contributed by atoms with Crippen LogP contribution in [0.3, 0.4) is 0 Å². The summed E-state index contributed by atoms with van der Waals surface area (Å²) < 4.78 is 24.8. The van der Waals surface area contributed by atoms with Gasteiger partial charge in [-0.1, -0.05) is 36.9 Å². The van der Waals surface area contributed by atoms with E-state index in [1.54, 1.807) is 43.3 Å². The first-order valence-corrected chi connectivity index (χ1v) is 12.2. The summed E-state index contributed by atoms with van der Waals surface area (Å²) in [5, 5.41) is 10.8. The van der Waals surface area contributed by atoms with E-state index in [4.69, 9.17) is 9.47 Å². The van der Waals surface area contributed by atoms with E-state index in [9.17, 15) is 19.1 Å². The second-order valence-electron chi connectivity index (χ2n) is 7.22. The highest BCUT2D eigenvalue weighted by Gasteiger charge is 2.33. The molecule has 0 atom stereocenters. The molecule has 1 aliphatic heterocycles. The number of esters is 1. The second-order valence-corrected chi connectivity index (χ2v) is 9.11. The van der Waals surface area contributed by atoms with Crippen molar-refractivity contribution in [3.8, 4) is 5.75 Å². The lowest BCUT2D eigenvalue weighted by atomic mass is 10.1. The van der Waals surface area contributed by atoms with Crippen LogP contribution in [0.1, 0.15) is 37.8 Å². The van der Waals surface area contributed by atoms with Crippen molar-refractivity contribution < 1.29 is 28.6 Å². The van der Waals surface area contributed by atoms with Crippen LogP contribution in [-0.2, 0) is 20.9 Å². The highest BCUT2D eigenvalue weighted by atomic mass is 79.9. The van der Waals surface area contributed by atoms with Gasteiger partial charge in [0.25, 0.3) is 0 Å². The zero-order valence-electron chi connectivity index (χ0n) is 18.6. The average Bonchev–Trinajstić information content (AvgIpc) is 3.08. The minimum absolute atomic E-state index is 0.114. The number of thioether (sulfide) groups is 1. The van der Waals surface area contributed by atoms with Crippen molar-refractivity contribution in [2.45, 2.75) is 33.3 Å². The number of aliphatic hydroxyl groups excluding tert-OH is 1. The fraction of sp³-hybridized carbons (Fsp3) is 0.240. The van der Waals surface area contributed by atoms with E-state index in [0.29, 0.717) is 32.7 Å². The van der Waals surface area contributed by atoms with Crippen LogP contribution in [0.15, 0.2) is 68.2 Å². The van der Waals surface area contributed by atoms with Gasteiger partial charge in [-0.15, -0.1) is 0 Å². The molecule has 1 amide bonds. The van der Waals surface area contributed by atoms with Gasteiger partial charge in [-0.05, 0) is 70.7 Å². The maximum atomic E-state index is 13.4. The standard InChI is InChI=1S/C25H23BrFNO5S/c1-3-6-21(29)28-24-22(25(31)32-4-2)23(30)20(34-24)13-15-9-10-19(18(26)12-15)33-14-16-7-5-8-17(27)11-16/h5,7-13,30H,3-4,6,14H2,1-2H3/b20-13-,28-24?. The highest BCUT2D eigenvalue weighted by molar-refractivity contribution is 9.10. The second kappa shape index (κ2) is 12.0. The topological polar surface area (TPSA) is 85.2 Å². The first-order valence-electron chi connectivity index (χ1n) is 10.6. The lowest BCUT2D eigenvalue weighted by Gasteiger charge is -2.09. The summed E-state index contributed by atoms with van der Waals surface area (Å²) in [5.41, 5.74) is 1.30. The molecule has 0 aliphatic carbocycles. The third kappa shape index (κ3) is 6.57. The first-order chi connectivity index (χ1) is 16.3. The maximum absolute atomic E-state index is 13.4. The lowest BCUT2D eigenvalue weighted by Crippen LogP contribution is -2.14. The van der Waals surface area contributed by atoms with Gasteiger partial charge in [-0.2, -0.15) is 0 Å². The zero-order chi connectivity index (χ0) is 24.7. The maximum Gasteiger partial charge on any atom is 0.344 e. The molecule has 0 aromatic heterocycles. The van der Waals surface area contributed by atoms with Gasteiger partial charge in [0.15, 0.2) is 0 Å². The largest absolute Gasteiger partial charge is 0.506 e. The van der Waals surface area contributed by atoms with Gasteiger partial charge in [0.05, 0.1) is 16.0 Å². The fourth-order valence-corrected chi connectivity index (χ4v) is 4.58. The van der Waals surface area contributed by atoms with Gasteiger partial charge in [-0.25, -0.2) is 14.2 Å². The van der Waals surface area contributed by atoms with Gasteiger partial charge in [0.2, 0.25) is 5.91 Å². The van der Waals surface area contributed by atoms with Crippen molar-refractivity contribution in [3.05, 3.63) is 80.1 Å². The summed E-state index contributed by atoms with van der Waals surface area (Å²) in [6.45, 7) is 3.83. The van der Waals surface area contributed by atoms with Crippen LogP contribution in [0.4, 0.5) is 4.39 Å². The Labute approximate surface area is 209 Å². The normalized spacial score (nSPS) is 15.8. The third-order valence-electron chi connectivity index (χ3n) is 4.60. The van der Waals surface area contributed by atoms with Crippen molar-refractivity contribution in [1.82, 2.24) is 0 Å². The summed E-state index contributed by atoms with van der Waals surface area (Å²) in [7, 11) is 0. The van der Waals surface area contributed by atoms with E-state index in [0.717, 1.165) is 11.8 Å². The molecular weight excluding hydrogens is 525 g/mol. The Morgan fingerprint density at radius 3 is 2.68 bits per heavy atom. The van der Waals surface area contributed by atoms with Crippen molar-refractivity contribution >= 4 is 50.7 Å². The van der Waals surface area contributed by atoms with Crippen LogP contribution in [0.2, 0.25) is 0 Å². The number of halogens is 2. The smallest absolute Gasteiger partial charge is 0.344 e. The van der Waals surface area contributed by atoms with Gasteiger partial charge in [0.1, 0.15) is 34.5 Å². The van der Waals surface area contributed by atoms with Crippen molar-refractivity contribution in [1.29, 1.82) is 0 Å². The number of hydrogen-bond donors (Lipinski definition) is 1. The number of rotatable bonds is 8. The van der Waals surface area contributed by atoms with Crippen LogP contribution < -0.4 is 4.74 Å². The minimum atomic E-state index is -0.735. The number of amides is 1. The summed E-state index contributed by atoms with van der Waals surface area (Å²) >= 11 is 4.50. The van der Waals surface area contributed by atoms with Gasteiger partial charge >= 0.3 is 5.97 Å². The highest BCUT2D eigenvalue weighted by Crippen LogP contribution is 2.40. The van der Waals surface area contributed by atoms with E-state index >= 15 is 0 Å². The van der Waals surface area contributed by atoms with Crippen molar-refractivity contribution in [2.75, 3.05) is 6.61 Å². The molecule has 1 heterocycles. The molecule has 0 saturated carbocycles. The molecule has 3 rings (SSSR count). The first kappa shape index (κ1) is 25.7. The number of carbonyl (C=O) groups excluding carboxylic acids is 2. The molecule has 1 aliphatic rings. The Morgan fingerprint density at radius 1 is 1.21 bits per heavy atom. The molecule has 2 aromatic rings. The van der Waals surface area contributed by atoms with Gasteiger partial charge in [-0.3, -0.25) is 4.79 Å². The quantitative estimate of drug-likeness (QED) is 0.387. The Bertz CT molecular complexity index is 1190. The number of aliphatic hydroxyl groups is 1. The molecule has 0 saturated heterocycles. The van der Waals surface area contributed by atoms with Crippen LogP contribution >= 0.6 is 27.7 Å². The number of aliphatic imine (C=N–C) groups is 1. The molecule has 178 valence electrons. The number of carbonyl (C=O) groups is 2. The molecule has 0 radical (unpaired) electrons. The molecule has 2 aromatic carbocycles. The Balaban J connectivity index is 1.84. The average molecular weight is 548 g/mol. The van der Waals surface area contributed by atoms with Crippen LogP contribution in [0.5, 0.6) is 5.75 Å². The Hall–Kier alpha value is -2.91. The SMILES string of the molecule is CCCC(=O)N=C1S/C(=C\c2ccc(OCc3cccc(F)c3)c(Br)c2)C(O)=C1C(=O)OCC. The molecule has 0 bridgehead atoms.